The zero-order valence-electron chi connectivity index (χ0n) is 26.4. The average molecular weight is 573 g/mol. The van der Waals surface area contributed by atoms with E-state index < -0.39 is 0 Å². The van der Waals surface area contributed by atoms with E-state index in [1.807, 2.05) is 0 Å². The molecule has 6 rings (SSSR count). The van der Waals surface area contributed by atoms with E-state index in [4.69, 9.17) is 0 Å². The first kappa shape index (κ1) is 29.0. The molecule has 0 spiro atoms. The Morgan fingerprint density at radius 1 is 0.386 bits per heavy atom. The third kappa shape index (κ3) is 5.64. The summed E-state index contributed by atoms with van der Waals surface area (Å²) in [4.78, 5) is 4.72. The largest absolute Gasteiger partial charge is 0.311 e. The lowest BCUT2D eigenvalue weighted by Crippen LogP contribution is -2.14. The van der Waals surface area contributed by atoms with Gasteiger partial charge >= 0.3 is 0 Å². The van der Waals surface area contributed by atoms with E-state index in [1.165, 1.54) is 50.3 Å². The molecule has 0 amide bonds. The summed E-state index contributed by atoms with van der Waals surface area (Å²) in [5, 5.41) is 0. The molecular weight excluding hydrogens is 532 g/mol. The summed E-state index contributed by atoms with van der Waals surface area (Å²) in [7, 11) is 0. The molecule has 0 aliphatic carbocycles. The Kier molecular flexibility index (Phi) is 8.34. The molecule has 0 bridgehead atoms. The fourth-order valence-corrected chi connectivity index (χ4v) is 6.08. The highest BCUT2D eigenvalue weighted by Gasteiger charge is 2.19. The van der Waals surface area contributed by atoms with Crippen LogP contribution in [0.15, 0.2) is 140 Å². The molecule has 0 atom stereocenters. The van der Waals surface area contributed by atoms with Crippen molar-refractivity contribution in [3.05, 3.63) is 167 Å². The molecule has 2 heteroatoms. The van der Waals surface area contributed by atoms with E-state index >= 15 is 0 Å². The summed E-state index contributed by atoms with van der Waals surface area (Å²) in [6.45, 7) is 11.2. The summed E-state index contributed by atoms with van der Waals surface area (Å²) in [5.74, 6) is 0. The van der Waals surface area contributed by atoms with Gasteiger partial charge in [0.15, 0.2) is 0 Å². The van der Waals surface area contributed by atoms with Gasteiger partial charge in [0.05, 0.1) is 0 Å². The molecule has 0 aromatic heterocycles. The van der Waals surface area contributed by atoms with E-state index in [0.717, 1.165) is 29.2 Å². The van der Waals surface area contributed by atoms with Gasteiger partial charge in [0.25, 0.3) is 0 Å². The molecule has 0 heterocycles. The van der Waals surface area contributed by atoms with E-state index in [-0.39, 0.29) is 0 Å². The number of benzene rings is 6. The highest BCUT2D eigenvalue weighted by atomic mass is 15.1. The first-order chi connectivity index (χ1) is 21.5. The molecule has 0 radical (unpaired) electrons. The molecule has 0 saturated heterocycles. The van der Waals surface area contributed by atoms with E-state index in [0.29, 0.717) is 0 Å². The van der Waals surface area contributed by atoms with Crippen molar-refractivity contribution in [1.82, 2.24) is 0 Å². The van der Waals surface area contributed by atoms with E-state index in [1.54, 1.807) is 0 Å². The smallest absolute Gasteiger partial charge is 0.0493 e. The van der Waals surface area contributed by atoms with Crippen LogP contribution in [0.25, 0.3) is 11.1 Å². The van der Waals surface area contributed by atoms with Crippen LogP contribution >= 0.6 is 0 Å². The molecule has 0 saturated carbocycles. The van der Waals surface area contributed by atoms with Crippen molar-refractivity contribution in [3.8, 4) is 11.1 Å². The Morgan fingerprint density at radius 2 is 0.864 bits per heavy atom. The van der Waals surface area contributed by atoms with Gasteiger partial charge in [-0.25, -0.2) is 0 Å². The van der Waals surface area contributed by atoms with Crippen LogP contribution in [0.4, 0.5) is 34.1 Å². The van der Waals surface area contributed by atoms with Crippen molar-refractivity contribution in [2.45, 2.75) is 41.0 Å². The number of hydrogen-bond donors (Lipinski definition) is 0. The predicted octanol–water partition coefficient (Wildman–Crippen LogP) is 12.1. The number of nitrogens with zero attached hydrogens (tertiary/aromatic N) is 2. The van der Waals surface area contributed by atoms with Crippen LogP contribution in [0.3, 0.4) is 0 Å². The minimum atomic E-state index is 1.04. The van der Waals surface area contributed by atoms with Gasteiger partial charge in [-0.15, -0.1) is 0 Å². The lowest BCUT2D eigenvalue weighted by atomic mass is 9.97. The van der Waals surface area contributed by atoms with Gasteiger partial charge in [-0.1, -0.05) is 85.8 Å². The zero-order valence-corrected chi connectivity index (χ0v) is 26.4. The topological polar surface area (TPSA) is 6.48 Å². The fourth-order valence-electron chi connectivity index (χ4n) is 6.08. The van der Waals surface area contributed by atoms with Gasteiger partial charge in [-0.2, -0.15) is 0 Å². The Bertz CT molecular complexity index is 1820. The summed E-state index contributed by atoms with van der Waals surface area (Å²) >= 11 is 0. The molecule has 0 aliphatic heterocycles. The maximum Gasteiger partial charge on any atom is 0.0493 e. The Labute approximate surface area is 262 Å². The standard InChI is InChI=1S/C42H40N2/c1-6-34-24-29-42(33(5)32(34)4)44(41-19-13-14-30(2)31(41)3)40-27-22-36(23-28-40)35-20-25-39(26-21-35)43(37-15-9-7-10-16-37)38-17-11-8-12-18-38/h7-29H,6H2,1-5H3. The maximum absolute atomic E-state index is 2.43. The maximum atomic E-state index is 2.43. The van der Waals surface area contributed by atoms with Crippen LogP contribution in [-0.4, -0.2) is 0 Å². The van der Waals surface area contributed by atoms with Gasteiger partial charge in [-0.3, -0.25) is 0 Å². The first-order valence-corrected chi connectivity index (χ1v) is 15.5. The summed E-state index contributed by atoms with van der Waals surface area (Å²) in [5.41, 5.74) is 16.1. The van der Waals surface area contributed by atoms with Crippen LogP contribution in [0.5, 0.6) is 0 Å². The molecule has 6 aromatic rings. The number of anilines is 6. The molecule has 0 fully saturated rings. The molecule has 6 aromatic carbocycles. The van der Waals surface area contributed by atoms with E-state index in [9.17, 15) is 0 Å². The number of aryl methyl sites for hydroxylation is 2. The third-order valence-electron chi connectivity index (χ3n) is 8.92. The van der Waals surface area contributed by atoms with Crippen LogP contribution in [0.1, 0.15) is 34.7 Å². The van der Waals surface area contributed by atoms with Crippen molar-refractivity contribution in [1.29, 1.82) is 0 Å². The lowest BCUT2D eigenvalue weighted by Gasteiger charge is -2.30. The molecule has 44 heavy (non-hydrogen) atoms. The minimum Gasteiger partial charge on any atom is -0.311 e. The van der Waals surface area contributed by atoms with Crippen molar-refractivity contribution < 1.29 is 0 Å². The van der Waals surface area contributed by atoms with Gasteiger partial charge < -0.3 is 9.80 Å². The third-order valence-corrected chi connectivity index (χ3v) is 8.92. The normalized spacial score (nSPS) is 10.9. The summed E-state index contributed by atoms with van der Waals surface area (Å²) in [6, 6.07) is 50.1. The predicted molar refractivity (Wildman–Crippen MR) is 190 cm³/mol. The van der Waals surface area contributed by atoms with Crippen molar-refractivity contribution in [3.63, 3.8) is 0 Å². The van der Waals surface area contributed by atoms with Crippen molar-refractivity contribution >= 4 is 34.1 Å². The van der Waals surface area contributed by atoms with E-state index in [2.05, 4.69) is 184 Å². The first-order valence-electron chi connectivity index (χ1n) is 15.5. The van der Waals surface area contributed by atoms with Crippen LogP contribution < -0.4 is 9.80 Å². The molecule has 218 valence electrons. The second-order valence-corrected chi connectivity index (χ2v) is 11.5. The second-order valence-electron chi connectivity index (χ2n) is 11.5. The Morgan fingerprint density at radius 3 is 1.39 bits per heavy atom. The number of rotatable bonds is 8. The Hall–Kier alpha value is -5.08. The SMILES string of the molecule is CCc1ccc(N(c2ccc(-c3ccc(N(c4ccccc4)c4ccccc4)cc3)cc2)c2cccc(C)c2C)c(C)c1C. The number of hydrogen-bond acceptors (Lipinski definition) is 2. The number of para-hydroxylation sites is 2. The monoisotopic (exact) mass is 572 g/mol. The average Bonchev–Trinajstić information content (AvgIpc) is 3.07. The Balaban J connectivity index is 1.36. The highest BCUT2D eigenvalue weighted by molar-refractivity contribution is 5.83. The van der Waals surface area contributed by atoms with Crippen LogP contribution in [0.2, 0.25) is 0 Å². The van der Waals surface area contributed by atoms with Crippen LogP contribution in [0, 0.1) is 27.7 Å². The van der Waals surface area contributed by atoms with Crippen LogP contribution in [-0.2, 0) is 6.42 Å². The zero-order chi connectivity index (χ0) is 30.6. The molecule has 2 nitrogen and oxygen atoms in total. The summed E-state index contributed by atoms with van der Waals surface area (Å²) in [6.07, 6.45) is 1.04. The van der Waals surface area contributed by atoms with Gasteiger partial charge in [0.1, 0.15) is 0 Å². The molecule has 0 aliphatic rings. The second kappa shape index (κ2) is 12.7. The van der Waals surface area contributed by atoms with Gasteiger partial charge in [0, 0.05) is 34.1 Å². The minimum absolute atomic E-state index is 1.04. The van der Waals surface area contributed by atoms with Crippen molar-refractivity contribution in [2.75, 3.05) is 9.80 Å². The van der Waals surface area contributed by atoms with Gasteiger partial charge in [0.2, 0.25) is 0 Å². The molecular formula is C42H40N2. The molecule has 0 N–H and O–H groups in total. The quantitative estimate of drug-likeness (QED) is 0.179. The lowest BCUT2D eigenvalue weighted by molar-refractivity contribution is 1.08. The van der Waals surface area contributed by atoms with Gasteiger partial charge in [-0.05, 0) is 134 Å². The van der Waals surface area contributed by atoms with Crippen molar-refractivity contribution in [2.24, 2.45) is 0 Å². The fraction of sp³-hybridized carbons (Fsp3) is 0.143. The molecule has 0 unspecified atom stereocenters. The highest BCUT2D eigenvalue weighted by Crippen LogP contribution is 2.41. The summed E-state index contributed by atoms with van der Waals surface area (Å²) < 4.78 is 0.